The Labute approximate surface area is 225 Å². The van der Waals surface area contributed by atoms with Crippen LogP contribution in [-0.4, -0.2) is 64.4 Å². The van der Waals surface area contributed by atoms with Crippen LogP contribution >= 0.6 is 0 Å². The minimum atomic E-state index is -4.71. The molecule has 202 valence electrons. The summed E-state index contributed by atoms with van der Waals surface area (Å²) in [5, 5.41) is 5.67. The zero-order valence-electron chi connectivity index (χ0n) is 20.6. The van der Waals surface area contributed by atoms with Crippen LogP contribution in [0.3, 0.4) is 0 Å². The molecule has 1 saturated carbocycles. The molecule has 9 nitrogen and oxygen atoms in total. The van der Waals surface area contributed by atoms with E-state index in [4.69, 9.17) is 0 Å². The summed E-state index contributed by atoms with van der Waals surface area (Å²) in [6, 6.07) is 10.3. The van der Waals surface area contributed by atoms with Gasteiger partial charge in [-0.2, -0.15) is 0 Å². The van der Waals surface area contributed by atoms with Gasteiger partial charge in [0.05, 0.1) is 0 Å². The molecule has 1 fully saturated rings. The molecule has 2 N–H and O–H groups in total. The average Bonchev–Trinajstić information content (AvgIpc) is 2.83. The van der Waals surface area contributed by atoms with Crippen molar-refractivity contribution in [2.24, 2.45) is 0 Å². The molecule has 0 aliphatic heterocycles. The number of hydrogen-bond acceptors (Lipinski definition) is 7. The van der Waals surface area contributed by atoms with Crippen molar-refractivity contribution in [1.29, 1.82) is 0 Å². The van der Waals surface area contributed by atoms with Crippen LogP contribution < -0.4 is 23.9 Å². The maximum atomic E-state index is 13.7. The monoisotopic (exact) mass is 610 g/mol. The SMILES string of the molecule is CN(c1ncccc1CNc1nc([AsH]c2cccc(C(=O)NC3CCC3)c2)ncc1C(F)(F)F)S(C)(=O)=O. The summed E-state index contributed by atoms with van der Waals surface area (Å²) in [7, 11) is -2.32. The predicted molar refractivity (Wildman–Crippen MR) is 140 cm³/mol. The number of aromatic nitrogens is 3. The molecule has 1 aromatic carbocycles. The normalized spacial score (nSPS) is 14.3. The van der Waals surface area contributed by atoms with E-state index in [0.717, 1.165) is 40.4 Å². The molecule has 0 radical (unpaired) electrons. The molecular weight excluding hydrogens is 584 g/mol. The van der Waals surface area contributed by atoms with Crippen molar-refractivity contribution in [2.75, 3.05) is 22.9 Å². The van der Waals surface area contributed by atoms with Crippen molar-refractivity contribution < 1.29 is 26.4 Å². The van der Waals surface area contributed by atoms with Gasteiger partial charge in [-0.3, -0.25) is 0 Å². The van der Waals surface area contributed by atoms with Crippen LogP contribution in [0.1, 0.15) is 40.7 Å². The van der Waals surface area contributed by atoms with E-state index in [1.807, 2.05) is 0 Å². The Balaban J connectivity index is 1.56. The first-order valence-corrected chi connectivity index (χ1v) is 15.6. The van der Waals surface area contributed by atoms with Gasteiger partial charge in [0.1, 0.15) is 0 Å². The molecule has 3 aromatic rings. The first-order chi connectivity index (χ1) is 17.9. The number of sulfonamides is 1. The van der Waals surface area contributed by atoms with Gasteiger partial charge in [0.25, 0.3) is 0 Å². The molecule has 1 aliphatic rings. The number of alkyl halides is 3. The van der Waals surface area contributed by atoms with Gasteiger partial charge in [0.2, 0.25) is 0 Å². The number of benzene rings is 1. The molecule has 2 heterocycles. The van der Waals surface area contributed by atoms with Gasteiger partial charge in [-0.1, -0.05) is 0 Å². The standard InChI is InChI=1S/C24H26AsF3N6O3S/c1-34(38(2,36)37)21-16(7-5-11-29-21)13-30-20-19(24(26,27)28)14-31-23(33-20)25-17-8-3-6-15(12-17)22(35)32-18-9-4-10-18/h3,5-8,11-12,14,18,25H,4,9-10,13H2,1-2H3,(H,32,35)(H,30,31,33). The number of carbonyl (C=O) groups excluding carboxylic acids is 1. The van der Waals surface area contributed by atoms with Crippen molar-refractivity contribution in [3.05, 3.63) is 65.5 Å². The van der Waals surface area contributed by atoms with Gasteiger partial charge in [-0.25, -0.2) is 0 Å². The Kier molecular flexibility index (Phi) is 8.27. The minimum absolute atomic E-state index is 0.0933. The second-order valence-corrected chi connectivity index (χ2v) is 13.5. The third-order valence-electron chi connectivity index (χ3n) is 6.02. The summed E-state index contributed by atoms with van der Waals surface area (Å²) in [6.45, 7) is -0.153. The van der Waals surface area contributed by atoms with Crippen LogP contribution in [0.2, 0.25) is 0 Å². The first-order valence-electron chi connectivity index (χ1n) is 11.7. The summed E-state index contributed by atoms with van der Waals surface area (Å²) in [6.07, 6.45) is 1.45. The Bertz CT molecular complexity index is 1430. The van der Waals surface area contributed by atoms with E-state index in [0.29, 0.717) is 11.1 Å². The van der Waals surface area contributed by atoms with Crippen LogP contribution in [0.5, 0.6) is 0 Å². The first kappa shape index (κ1) is 27.8. The maximum absolute atomic E-state index is 13.7. The molecule has 0 saturated heterocycles. The number of pyridine rings is 1. The molecule has 2 aromatic heterocycles. The number of amides is 1. The van der Waals surface area contributed by atoms with Gasteiger partial charge in [0, 0.05) is 0 Å². The number of nitrogens with zero attached hydrogens (tertiary/aromatic N) is 4. The van der Waals surface area contributed by atoms with Crippen LogP contribution in [-0.2, 0) is 22.7 Å². The molecule has 1 amide bonds. The predicted octanol–water partition coefficient (Wildman–Crippen LogP) is 1.57. The third kappa shape index (κ3) is 6.82. The summed E-state index contributed by atoms with van der Waals surface area (Å²) in [5.41, 5.74) is -0.180. The van der Waals surface area contributed by atoms with Gasteiger partial charge < -0.3 is 0 Å². The van der Waals surface area contributed by atoms with E-state index in [-0.39, 0.29) is 28.9 Å². The van der Waals surface area contributed by atoms with Gasteiger partial charge >= 0.3 is 225 Å². The molecular formula is C24H26AsF3N6O3S. The van der Waals surface area contributed by atoms with Crippen molar-refractivity contribution in [2.45, 2.75) is 38.0 Å². The Morgan fingerprint density at radius 3 is 2.61 bits per heavy atom. The number of hydrogen-bond donors (Lipinski definition) is 2. The Morgan fingerprint density at radius 2 is 1.95 bits per heavy atom. The van der Waals surface area contributed by atoms with E-state index >= 15 is 0 Å². The second kappa shape index (κ2) is 11.3. The van der Waals surface area contributed by atoms with E-state index in [1.165, 1.54) is 13.2 Å². The molecule has 1 atom stereocenters. The van der Waals surface area contributed by atoms with Crippen molar-refractivity contribution >= 4 is 52.3 Å². The second-order valence-electron chi connectivity index (χ2n) is 8.83. The number of rotatable bonds is 9. The van der Waals surface area contributed by atoms with E-state index in [9.17, 15) is 26.4 Å². The Morgan fingerprint density at radius 1 is 1.18 bits per heavy atom. The van der Waals surface area contributed by atoms with Gasteiger partial charge in [0.15, 0.2) is 0 Å². The molecule has 0 spiro atoms. The number of halogens is 3. The summed E-state index contributed by atoms with van der Waals surface area (Å²) in [4.78, 5) is 24.7. The van der Waals surface area contributed by atoms with Crippen LogP contribution in [0, 0.1) is 0 Å². The summed E-state index contributed by atoms with van der Waals surface area (Å²) < 4.78 is 67.1. The van der Waals surface area contributed by atoms with Crippen molar-refractivity contribution in [3.63, 3.8) is 0 Å². The zero-order valence-corrected chi connectivity index (χ0v) is 23.5. The molecule has 38 heavy (non-hydrogen) atoms. The summed E-state index contributed by atoms with van der Waals surface area (Å²) >= 11 is -1.26. The third-order valence-corrected chi connectivity index (χ3v) is 9.43. The van der Waals surface area contributed by atoms with Crippen LogP contribution in [0.25, 0.3) is 0 Å². The molecule has 4 rings (SSSR count). The Hall–Kier alpha value is -3.18. The van der Waals surface area contributed by atoms with Crippen molar-refractivity contribution in [3.8, 4) is 0 Å². The quantitative estimate of drug-likeness (QED) is 0.354. The van der Waals surface area contributed by atoms with Crippen LogP contribution in [0.15, 0.2) is 48.8 Å². The summed E-state index contributed by atoms with van der Waals surface area (Å²) in [5.74, 6) is -0.497. The molecule has 14 heteroatoms. The zero-order chi connectivity index (χ0) is 27.5. The molecule has 0 bridgehead atoms. The van der Waals surface area contributed by atoms with Crippen molar-refractivity contribution in [1.82, 2.24) is 20.3 Å². The van der Waals surface area contributed by atoms with E-state index in [1.54, 1.807) is 36.4 Å². The molecule has 1 aliphatic carbocycles. The fraction of sp³-hybridized carbons (Fsp3) is 0.333. The number of anilines is 2. The van der Waals surface area contributed by atoms with Crippen LogP contribution in [0.4, 0.5) is 24.8 Å². The number of nitrogens with one attached hydrogen (secondary N) is 2. The van der Waals surface area contributed by atoms with E-state index in [2.05, 4.69) is 25.6 Å². The average molecular weight is 610 g/mol. The number of carbonyl (C=O) groups is 1. The fourth-order valence-corrected chi connectivity index (χ4v) is 6.16. The topological polar surface area (TPSA) is 117 Å². The van der Waals surface area contributed by atoms with E-state index < -0.39 is 43.3 Å². The molecule has 1 unspecified atom stereocenters. The van der Waals surface area contributed by atoms with Gasteiger partial charge in [-0.15, -0.1) is 0 Å². The van der Waals surface area contributed by atoms with Gasteiger partial charge in [-0.05, 0) is 0 Å². The fourth-order valence-electron chi connectivity index (χ4n) is 3.66.